The Morgan fingerprint density at radius 1 is 1.33 bits per heavy atom. The first-order valence-corrected chi connectivity index (χ1v) is 6.93. The van der Waals surface area contributed by atoms with Crippen LogP contribution in [0.5, 0.6) is 0 Å². The minimum absolute atomic E-state index is 0.000572. The molecular weight excluding hydrogens is 316 g/mol. The zero-order valence-electron chi connectivity index (χ0n) is 11.1. The second kappa shape index (κ2) is 6.74. The highest BCUT2D eigenvalue weighted by Gasteiger charge is 2.13. The van der Waals surface area contributed by atoms with Crippen molar-refractivity contribution in [2.45, 2.75) is 6.92 Å². The summed E-state index contributed by atoms with van der Waals surface area (Å²) in [5, 5.41) is 5.64. The first-order valence-electron chi connectivity index (χ1n) is 6.17. The normalized spacial score (nSPS) is 10.3. The molecule has 1 aromatic carbocycles. The van der Waals surface area contributed by atoms with Crippen molar-refractivity contribution in [3.63, 3.8) is 0 Å². The summed E-state index contributed by atoms with van der Waals surface area (Å²) in [7, 11) is 0. The lowest BCUT2D eigenvalue weighted by Gasteiger charge is -2.09. The van der Waals surface area contributed by atoms with Crippen molar-refractivity contribution in [1.29, 1.82) is 0 Å². The number of nitrogens with zero attached hydrogens (tertiary/aromatic N) is 1. The fourth-order valence-electron chi connectivity index (χ4n) is 1.65. The number of carbonyl (C=O) groups is 1. The molecule has 110 valence electrons. The van der Waals surface area contributed by atoms with E-state index in [4.69, 9.17) is 23.2 Å². The van der Waals surface area contributed by atoms with Crippen LogP contribution in [0.2, 0.25) is 10.0 Å². The molecule has 1 aromatic heterocycles. The summed E-state index contributed by atoms with van der Waals surface area (Å²) in [6.07, 6.45) is 1.36. The minimum atomic E-state index is -0.684. The highest BCUT2D eigenvalue weighted by Crippen LogP contribution is 2.24. The van der Waals surface area contributed by atoms with Crippen molar-refractivity contribution >= 4 is 40.6 Å². The van der Waals surface area contributed by atoms with Gasteiger partial charge in [-0.1, -0.05) is 29.3 Å². The number of halogens is 3. The third kappa shape index (κ3) is 3.62. The Morgan fingerprint density at radius 3 is 2.76 bits per heavy atom. The summed E-state index contributed by atoms with van der Waals surface area (Å²) in [5.74, 6) is -0.714. The molecule has 0 atom stereocenters. The zero-order valence-corrected chi connectivity index (χ0v) is 12.6. The number of hydrogen-bond acceptors (Lipinski definition) is 3. The van der Waals surface area contributed by atoms with Crippen LogP contribution < -0.4 is 10.6 Å². The van der Waals surface area contributed by atoms with Gasteiger partial charge in [-0.15, -0.1) is 0 Å². The molecule has 0 saturated heterocycles. The molecule has 1 amide bonds. The third-order valence-corrected chi connectivity index (χ3v) is 3.23. The van der Waals surface area contributed by atoms with E-state index in [1.165, 1.54) is 24.4 Å². The molecule has 0 bridgehead atoms. The first-order chi connectivity index (χ1) is 10.0. The Labute approximate surface area is 131 Å². The van der Waals surface area contributed by atoms with Crippen molar-refractivity contribution in [3.8, 4) is 0 Å². The van der Waals surface area contributed by atoms with Crippen molar-refractivity contribution in [1.82, 2.24) is 4.98 Å². The molecule has 21 heavy (non-hydrogen) atoms. The number of pyridine rings is 1. The van der Waals surface area contributed by atoms with E-state index < -0.39 is 11.7 Å². The van der Waals surface area contributed by atoms with Crippen LogP contribution in [-0.4, -0.2) is 17.4 Å². The quantitative estimate of drug-likeness (QED) is 0.884. The zero-order chi connectivity index (χ0) is 15.4. The largest absolute Gasteiger partial charge is 0.369 e. The molecule has 7 heteroatoms. The average Bonchev–Trinajstić information content (AvgIpc) is 2.46. The van der Waals surface area contributed by atoms with E-state index >= 15 is 0 Å². The number of nitrogens with one attached hydrogen (secondary N) is 2. The fourth-order valence-corrected chi connectivity index (χ4v) is 2.06. The predicted octanol–water partition coefficient (Wildman–Crippen LogP) is 4.21. The van der Waals surface area contributed by atoms with Crippen LogP contribution >= 0.6 is 23.2 Å². The van der Waals surface area contributed by atoms with E-state index in [1.807, 2.05) is 6.92 Å². The van der Waals surface area contributed by atoms with Gasteiger partial charge in [0.1, 0.15) is 5.82 Å². The molecular formula is C14H12Cl2FN3O. The smallest absolute Gasteiger partial charge is 0.257 e. The molecule has 0 aliphatic rings. The Kier molecular flexibility index (Phi) is 4.98. The highest BCUT2D eigenvalue weighted by molar-refractivity contribution is 6.33. The van der Waals surface area contributed by atoms with Gasteiger partial charge in [-0.3, -0.25) is 4.79 Å². The van der Waals surface area contributed by atoms with Gasteiger partial charge in [-0.2, -0.15) is 0 Å². The van der Waals surface area contributed by atoms with Crippen molar-refractivity contribution in [2.24, 2.45) is 0 Å². The Morgan fingerprint density at radius 2 is 2.10 bits per heavy atom. The van der Waals surface area contributed by atoms with Crippen LogP contribution in [0.3, 0.4) is 0 Å². The Balaban J connectivity index is 2.21. The summed E-state index contributed by atoms with van der Waals surface area (Å²) < 4.78 is 13.7. The lowest BCUT2D eigenvalue weighted by molar-refractivity contribution is 0.102. The van der Waals surface area contributed by atoms with Gasteiger partial charge in [0.05, 0.1) is 21.3 Å². The lowest BCUT2D eigenvalue weighted by atomic mass is 10.2. The SMILES string of the molecule is CCNc1ncc(C(=O)Nc2cccc(Cl)c2F)cc1Cl. The van der Waals surface area contributed by atoms with E-state index in [0.717, 1.165) is 0 Å². The highest BCUT2D eigenvalue weighted by atomic mass is 35.5. The Bertz CT molecular complexity index is 679. The number of amides is 1. The summed E-state index contributed by atoms with van der Waals surface area (Å²) >= 11 is 11.7. The van der Waals surface area contributed by atoms with E-state index in [9.17, 15) is 9.18 Å². The topological polar surface area (TPSA) is 54.0 Å². The molecule has 1 heterocycles. The lowest BCUT2D eigenvalue weighted by Crippen LogP contribution is -2.14. The molecule has 4 nitrogen and oxygen atoms in total. The molecule has 0 aliphatic carbocycles. The number of aromatic nitrogens is 1. The van der Waals surface area contributed by atoms with Crippen molar-refractivity contribution in [2.75, 3.05) is 17.2 Å². The second-order valence-corrected chi connectivity index (χ2v) is 4.95. The van der Waals surface area contributed by atoms with Gasteiger partial charge in [0, 0.05) is 12.7 Å². The van der Waals surface area contributed by atoms with E-state index in [1.54, 1.807) is 6.07 Å². The second-order valence-electron chi connectivity index (χ2n) is 4.14. The number of anilines is 2. The van der Waals surface area contributed by atoms with E-state index in [0.29, 0.717) is 17.4 Å². The first kappa shape index (κ1) is 15.5. The van der Waals surface area contributed by atoms with Gasteiger partial charge >= 0.3 is 0 Å². The van der Waals surface area contributed by atoms with Crippen LogP contribution in [0, 0.1) is 5.82 Å². The number of hydrogen-bond donors (Lipinski definition) is 2. The van der Waals surface area contributed by atoms with Gasteiger partial charge in [-0.25, -0.2) is 9.37 Å². The van der Waals surface area contributed by atoms with Crippen LogP contribution in [0.4, 0.5) is 15.9 Å². The molecule has 0 saturated carbocycles. The van der Waals surface area contributed by atoms with Crippen LogP contribution in [0.1, 0.15) is 17.3 Å². The van der Waals surface area contributed by atoms with Crippen molar-refractivity contribution < 1.29 is 9.18 Å². The maximum Gasteiger partial charge on any atom is 0.257 e. The molecule has 2 N–H and O–H groups in total. The van der Waals surface area contributed by atoms with Gasteiger partial charge in [0.25, 0.3) is 5.91 Å². The number of rotatable bonds is 4. The fraction of sp³-hybridized carbons (Fsp3) is 0.143. The minimum Gasteiger partial charge on any atom is -0.369 e. The summed E-state index contributed by atoms with van der Waals surface area (Å²) in [6.45, 7) is 2.56. The predicted molar refractivity (Wildman–Crippen MR) is 82.8 cm³/mol. The molecule has 0 unspecified atom stereocenters. The maximum atomic E-state index is 13.7. The van der Waals surface area contributed by atoms with Crippen LogP contribution in [0.25, 0.3) is 0 Å². The van der Waals surface area contributed by atoms with Crippen molar-refractivity contribution in [3.05, 3.63) is 51.9 Å². The summed E-state index contributed by atoms with van der Waals surface area (Å²) in [6, 6.07) is 5.82. The molecule has 0 spiro atoms. The average molecular weight is 328 g/mol. The van der Waals surface area contributed by atoms with Gasteiger partial charge in [-0.05, 0) is 25.1 Å². The molecule has 2 aromatic rings. The molecule has 2 rings (SSSR count). The number of carbonyl (C=O) groups excluding carboxylic acids is 1. The van der Waals surface area contributed by atoms with E-state index in [-0.39, 0.29) is 16.3 Å². The van der Waals surface area contributed by atoms with Gasteiger partial charge < -0.3 is 10.6 Å². The monoisotopic (exact) mass is 327 g/mol. The van der Waals surface area contributed by atoms with E-state index in [2.05, 4.69) is 15.6 Å². The molecule has 0 fully saturated rings. The Hall–Kier alpha value is -1.85. The third-order valence-electron chi connectivity index (χ3n) is 2.65. The van der Waals surface area contributed by atoms with Crippen LogP contribution in [-0.2, 0) is 0 Å². The standard InChI is InChI=1S/C14H12Cl2FN3O/c1-2-18-13-10(16)6-8(7-19-13)14(21)20-11-5-3-4-9(15)12(11)17/h3-7H,2H2,1H3,(H,18,19)(H,20,21). The summed E-state index contributed by atoms with van der Waals surface area (Å²) in [5.41, 5.74) is 0.223. The van der Waals surface area contributed by atoms with Gasteiger partial charge in [0.2, 0.25) is 0 Å². The number of benzene rings is 1. The maximum absolute atomic E-state index is 13.7. The van der Waals surface area contributed by atoms with Crippen LogP contribution in [0.15, 0.2) is 30.5 Å². The van der Waals surface area contributed by atoms with Gasteiger partial charge in [0.15, 0.2) is 5.82 Å². The molecule has 0 radical (unpaired) electrons. The summed E-state index contributed by atoms with van der Waals surface area (Å²) in [4.78, 5) is 16.1. The molecule has 0 aliphatic heterocycles.